The summed E-state index contributed by atoms with van der Waals surface area (Å²) in [6.45, 7) is 4.53. The monoisotopic (exact) mass is 417 g/mol. The number of ether oxygens (including phenoxy) is 1. The lowest BCUT2D eigenvalue weighted by Gasteiger charge is -2.14. The molecule has 0 bridgehead atoms. The Morgan fingerprint density at radius 3 is 2.65 bits per heavy atom. The van der Waals surface area contributed by atoms with E-state index in [2.05, 4.69) is 22.5 Å². The van der Waals surface area contributed by atoms with E-state index in [9.17, 15) is 4.79 Å². The molecule has 1 fully saturated rings. The van der Waals surface area contributed by atoms with Gasteiger partial charge in [-0.2, -0.15) is 5.10 Å². The molecule has 4 rings (SSSR count). The van der Waals surface area contributed by atoms with Crippen molar-refractivity contribution >= 4 is 5.91 Å². The Kier molecular flexibility index (Phi) is 6.70. The summed E-state index contributed by atoms with van der Waals surface area (Å²) in [7, 11) is 0. The van der Waals surface area contributed by atoms with Crippen LogP contribution in [0.15, 0.2) is 54.6 Å². The third-order valence-corrected chi connectivity index (χ3v) is 6.05. The van der Waals surface area contributed by atoms with Crippen molar-refractivity contribution in [2.24, 2.45) is 0 Å². The number of aryl methyl sites for hydroxylation is 2. The summed E-state index contributed by atoms with van der Waals surface area (Å²) < 4.78 is 8.02. The van der Waals surface area contributed by atoms with Gasteiger partial charge in [0.05, 0.1) is 17.5 Å². The quantitative estimate of drug-likeness (QED) is 0.557. The van der Waals surface area contributed by atoms with Crippen LogP contribution in [-0.4, -0.2) is 21.8 Å². The second kappa shape index (κ2) is 9.82. The van der Waals surface area contributed by atoms with Crippen molar-refractivity contribution < 1.29 is 9.53 Å². The fourth-order valence-electron chi connectivity index (χ4n) is 4.26. The molecule has 1 heterocycles. The van der Waals surface area contributed by atoms with Crippen LogP contribution < -0.4 is 10.1 Å². The maximum Gasteiger partial charge on any atom is 0.220 e. The number of hydrogen-bond acceptors (Lipinski definition) is 3. The van der Waals surface area contributed by atoms with Gasteiger partial charge in [0.2, 0.25) is 5.91 Å². The first kappa shape index (κ1) is 21.2. The number of nitrogens with zero attached hydrogens (tertiary/aromatic N) is 2. The molecule has 5 heteroatoms. The van der Waals surface area contributed by atoms with Crippen molar-refractivity contribution in [2.75, 3.05) is 0 Å². The van der Waals surface area contributed by atoms with Crippen molar-refractivity contribution in [3.05, 3.63) is 77.1 Å². The molecular formula is C26H31N3O2. The van der Waals surface area contributed by atoms with E-state index < -0.39 is 0 Å². The molecule has 1 aliphatic carbocycles. The molecule has 162 valence electrons. The number of nitrogens with one attached hydrogen (secondary N) is 1. The van der Waals surface area contributed by atoms with Crippen LogP contribution in [0.5, 0.6) is 5.75 Å². The van der Waals surface area contributed by atoms with E-state index in [1.54, 1.807) is 0 Å². The molecule has 1 aromatic heterocycles. The summed E-state index contributed by atoms with van der Waals surface area (Å²) in [6, 6.07) is 18.2. The third-order valence-electron chi connectivity index (χ3n) is 6.05. The predicted octanol–water partition coefficient (Wildman–Crippen LogP) is 5.06. The van der Waals surface area contributed by atoms with Crippen LogP contribution in [0.2, 0.25) is 0 Å². The van der Waals surface area contributed by atoms with Gasteiger partial charge in [0.25, 0.3) is 0 Å². The molecule has 1 aliphatic rings. The largest absolute Gasteiger partial charge is 0.490 e. The Morgan fingerprint density at radius 1 is 1.10 bits per heavy atom. The summed E-state index contributed by atoms with van der Waals surface area (Å²) in [5.41, 5.74) is 5.23. The Balaban J connectivity index is 1.30. The van der Waals surface area contributed by atoms with E-state index in [1.807, 2.05) is 61.0 Å². The molecule has 1 amide bonds. The zero-order valence-corrected chi connectivity index (χ0v) is 18.4. The molecule has 0 saturated heterocycles. The summed E-state index contributed by atoms with van der Waals surface area (Å²) in [4.78, 5) is 12.5. The molecular weight excluding hydrogens is 386 g/mol. The topological polar surface area (TPSA) is 56.2 Å². The summed E-state index contributed by atoms with van der Waals surface area (Å²) in [5.74, 6) is 0.970. The predicted molar refractivity (Wildman–Crippen MR) is 123 cm³/mol. The molecule has 0 unspecified atom stereocenters. The Hall–Kier alpha value is -3.08. The molecule has 0 spiro atoms. The van der Waals surface area contributed by atoms with Crippen LogP contribution in [0.1, 0.15) is 54.6 Å². The molecule has 2 aromatic carbocycles. The minimum Gasteiger partial charge on any atom is -0.490 e. The number of benzene rings is 2. The molecule has 0 radical (unpaired) electrons. The SMILES string of the molecule is Cc1nn(-c2ccccc2)c(C)c1CNC(=O)CCc1cccc(OC2CCCC2)c1. The lowest BCUT2D eigenvalue weighted by Crippen LogP contribution is -2.23. The van der Waals surface area contributed by atoms with Crippen LogP contribution in [0.3, 0.4) is 0 Å². The number of hydrogen-bond donors (Lipinski definition) is 1. The van der Waals surface area contributed by atoms with Crippen LogP contribution in [0.25, 0.3) is 5.69 Å². The summed E-state index contributed by atoms with van der Waals surface area (Å²) in [6.07, 6.45) is 6.31. The zero-order valence-electron chi connectivity index (χ0n) is 18.4. The lowest BCUT2D eigenvalue weighted by atomic mass is 10.1. The first-order valence-electron chi connectivity index (χ1n) is 11.2. The van der Waals surface area contributed by atoms with Gasteiger partial charge in [-0.3, -0.25) is 4.79 Å². The molecule has 5 nitrogen and oxygen atoms in total. The van der Waals surface area contributed by atoms with Gasteiger partial charge in [-0.1, -0.05) is 30.3 Å². The third kappa shape index (κ3) is 5.35. The van der Waals surface area contributed by atoms with Crippen LogP contribution >= 0.6 is 0 Å². The molecule has 31 heavy (non-hydrogen) atoms. The van der Waals surface area contributed by atoms with Gasteiger partial charge in [-0.05, 0) is 75.8 Å². The van der Waals surface area contributed by atoms with Crippen molar-refractivity contribution in [1.82, 2.24) is 15.1 Å². The Morgan fingerprint density at radius 2 is 1.87 bits per heavy atom. The standard InChI is InChI=1S/C26H31N3O2/c1-19-25(20(2)29(28-19)22-10-4-3-5-11-22)18-27-26(30)16-15-21-9-8-14-24(17-21)31-23-12-6-7-13-23/h3-5,8-11,14,17,23H,6-7,12-13,15-16,18H2,1-2H3,(H,27,30). The highest BCUT2D eigenvalue weighted by Crippen LogP contribution is 2.25. The average molecular weight is 418 g/mol. The fourth-order valence-corrected chi connectivity index (χ4v) is 4.26. The normalized spacial score (nSPS) is 14.0. The summed E-state index contributed by atoms with van der Waals surface area (Å²) >= 11 is 0. The fraction of sp³-hybridized carbons (Fsp3) is 0.385. The number of aromatic nitrogens is 2. The van der Waals surface area contributed by atoms with E-state index in [0.29, 0.717) is 25.5 Å². The highest BCUT2D eigenvalue weighted by molar-refractivity contribution is 5.76. The number of rotatable bonds is 8. The van der Waals surface area contributed by atoms with Crippen molar-refractivity contribution in [3.63, 3.8) is 0 Å². The van der Waals surface area contributed by atoms with Crippen molar-refractivity contribution in [2.45, 2.75) is 65.0 Å². The van der Waals surface area contributed by atoms with Gasteiger partial charge < -0.3 is 10.1 Å². The van der Waals surface area contributed by atoms with Gasteiger partial charge in [0, 0.05) is 24.2 Å². The van der Waals surface area contributed by atoms with E-state index in [1.165, 1.54) is 12.8 Å². The molecule has 1 N–H and O–H groups in total. The minimum atomic E-state index is 0.0494. The van der Waals surface area contributed by atoms with Gasteiger partial charge >= 0.3 is 0 Å². The Bertz CT molecular complexity index is 1020. The number of carbonyl (C=O) groups is 1. The van der Waals surface area contributed by atoms with Crippen molar-refractivity contribution in [1.29, 1.82) is 0 Å². The molecule has 3 aromatic rings. The first-order valence-corrected chi connectivity index (χ1v) is 11.2. The molecule has 0 aliphatic heterocycles. The van der Waals surface area contributed by atoms with E-state index in [-0.39, 0.29) is 5.91 Å². The lowest BCUT2D eigenvalue weighted by molar-refractivity contribution is -0.121. The van der Waals surface area contributed by atoms with Gasteiger partial charge in [0.15, 0.2) is 0 Å². The molecule has 1 saturated carbocycles. The minimum absolute atomic E-state index is 0.0494. The summed E-state index contributed by atoms with van der Waals surface area (Å²) in [5, 5.41) is 7.72. The highest BCUT2D eigenvalue weighted by Gasteiger charge is 2.17. The van der Waals surface area contributed by atoms with Gasteiger partial charge in [0.1, 0.15) is 5.75 Å². The second-order valence-corrected chi connectivity index (χ2v) is 8.35. The van der Waals surface area contributed by atoms with E-state index >= 15 is 0 Å². The molecule has 0 atom stereocenters. The maximum atomic E-state index is 12.5. The first-order chi connectivity index (χ1) is 15.1. The van der Waals surface area contributed by atoms with Crippen LogP contribution in [0.4, 0.5) is 0 Å². The van der Waals surface area contributed by atoms with Crippen LogP contribution in [0, 0.1) is 13.8 Å². The Labute approximate surface area is 184 Å². The van der Waals surface area contributed by atoms with E-state index in [0.717, 1.165) is 46.8 Å². The van der Waals surface area contributed by atoms with Crippen molar-refractivity contribution in [3.8, 4) is 11.4 Å². The van der Waals surface area contributed by atoms with Crippen LogP contribution in [-0.2, 0) is 17.8 Å². The van der Waals surface area contributed by atoms with Gasteiger partial charge in [-0.25, -0.2) is 4.68 Å². The van der Waals surface area contributed by atoms with Gasteiger partial charge in [-0.15, -0.1) is 0 Å². The second-order valence-electron chi connectivity index (χ2n) is 8.35. The smallest absolute Gasteiger partial charge is 0.220 e. The average Bonchev–Trinajstić information content (AvgIpc) is 3.39. The number of carbonyl (C=O) groups excluding carboxylic acids is 1. The number of para-hydroxylation sites is 1. The zero-order chi connectivity index (χ0) is 21.6. The maximum absolute atomic E-state index is 12.5. The highest BCUT2D eigenvalue weighted by atomic mass is 16.5. The number of amides is 1. The van der Waals surface area contributed by atoms with E-state index in [4.69, 9.17) is 4.74 Å².